The van der Waals surface area contributed by atoms with Crippen molar-refractivity contribution in [1.82, 2.24) is 10.2 Å². The summed E-state index contributed by atoms with van der Waals surface area (Å²) in [7, 11) is 0. The van der Waals surface area contributed by atoms with Gasteiger partial charge in [0.05, 0.1) is 0 Å². The summed E-state index contributed by atoms with van der Waals surface area (Å²) < 4.78 is 12.9. The van der Waals surface area contributed by atoms with E-state index >= 15 is 0 Å². The van der Waals surface area contributed by atoms with E-state index in [-0.39, 0.29) is 11.7 Å². The molecule has 0 aliphatic heterocycles. The number of nitrogens with zero attached hydrogens (tertiary/aromatic N) is 1. The number of carbonyl (C=O) groups is 1. The zero-order valence-electron chi connectivity index (χ0n) is 15.1. The summed E-state index contributed by atoms with van der Waals surface area (Å²) >= 11 is 5.50. The van der Waals surface area contributed by atoms with Crippen molar-refractivity contribution >= 4 is 29.3 Å². The molecule has 0 heterocycles. The van der Waals surface area contributed by atoms with Gasteiger partial charge >= 0.3 is 0 Å². The molecule has 1 saturated carbocycles. The van der Waals surface area contributed by atoms with Crippen molar-refractivity contribution in [1.29, 1.82) is 0 Å². The molecule has 0 unspecified atom stereocenters. The number of carbonyl (C=O) groups excluding carboxylic acids is 1. The minimum atomic E-state index is -0.301. The number of halogens is 1. The van der Waals surface area contributed by atoms with Gasteiger partial charge in [0.1, 0.15) is 5.82 Å². The van der Waals surface area contributed by atoms with Crippen LogP contribution in [0.4, 0.5) is 4.39 Å². The van der Waals surface area contributed by atoms with E-state index in [1.165, 1.54) is 37.5 Å². The van der Waals surface area contributed by atoms with Gasteiger partial charge in [-0.15, -0.1) is 0 Å². The van der Waals surface area contributed by atoms with E-state index in [1.54, 1.807) is 18.2 Å². The van der Waals surface area contributed by atoms with Gasteiger partial charge in [-0.25, -0.2) is 4.39 Å². The van der Waals surface area contributed by atoms with Gasteiger partial charge in [-0.05, 0) is 60.3 Å². The van der Waals surface area contributed by atoms with Crippen LogP contribution in [0.25, 0.3) is 6.08 Å². The third kappa shape index (κ3) is 6.00. The van der Waals surface area contributed by atoms with E-state index < -0.39 is 0 Å². The molecule has 140 valence electrons. The number of benzene rings is 2. The number of nitrogens with one attached hydrogen (secondary N) is 1. The molecule has 3 nitrogen and oxygen atoms in total. The van der Waals surface area contributed by atoms with Crippen LogP contribution in [0.15, 0.2) is 60.7 Å². The highest BCUT2D eigenvalue weighted by molar-refractivity contribution is 7.80. The van der Waals surface area contributed by atoms with Crippen LogP contribution >= 0.6 is 12.2 Å². The Labute approximate surface area is 164 Å². The molecule has 0 saturated heterocycles. The minimum Gasteiger partial charge on any atom is -0.344 e. The van der Waals surface area contributed by atoms with Crippen LogP contribution in [0.3, 0.4) is 0 Å². The van der Waals surface area contributed by atoms with Crippen LogP contribution in [0, 0.1) is 11.7 Å². The molecule has 1 aliphatic rings. The maximum atomic E-state index is 12.9. The largest absolute Gasteiger partial charge is 0.344 e. The fraction of sp³-hybridized carbons (Fsp3) is 0.273. The lowest BCUT2D eigenvalue weighted by atomic mass is 9.85. The number of hydrogen-bond donors (Lipinski definition) is 1. The summed E-state index contributed by atoms with van der Waals surface area (Å²) in [6.07, 6.45) is 6.76. The standard InChI is InChI=1S/C22H23FN2OS/c23-20-12-9-17(10-13-20)11-14-21(26)24-22(27)25(16-19-7-4-8-19)15-18-5-2-1-3-6-18/h1-3,5-6,9-14,19H,4,7-8,15-16H2,(H,24,26,27). The van der Waals surface area contributed by atoms with Crippen molar-refractivity contribution in [2.45, 2.75) is 25.8 Å². The van der Waals surface area contributed by atoms with E-state index in [2.05, 4.69) is 22.3 Å². The molecule has 1 N–H and O–H groups in total. The molecule has 1 aliphatic carbocycles. The molecule has 2 aromatic carbocycles. The van der Waals surface area contributed by atoms with Crippen LogP contribution in [-0.2, 0) is 11.3 Å². The molecule has 3 rings (SSSR count). The van der Waals surface area contributed by atoms with Crippen molar-refractivity contribution in [2.75, 3.05) is 6.54 Å². The molecule has 0 radical (unpaired) electrons. The van der Waals surface area contributed by atoms with Crippen molar-refractivity contribution in [2.24, 2.45) is 5.92 Å². The van der Waals surface area contributed by atoms with Crippen molar-refractivity contribution in [3.05, 3.63) is 77.6 Å². The Morgan fingerprint density at radius 3 is 2.48 bits per heavy atom. The minimum absolute atomic E-state index is 0.281. The number of amides is 1. The van der Waals surface area contributed by atoms with Gasteiger partial charge in [0.25, 0.3) is 0 Å². The third-order valence-electron chi connectivity index (χ3n) is 4.73. The van der Waals surface area contributed by atoms with Gasteiger partial charge in [-0.2, -0.15) is 0 Å². The van der Waals surface area contributed by atoms with Gasteiger partial charge < -0.3 is 4.90 Å². The molecule has 0 atom stereocenters. The zero-order valence-corrected chi connectivity index (χ0v) is 15.9. The summed E-state index contributed by atoms with van der Waals surface area (Å²) in [6, 6.07) is 16.1. The van der Waals surface area contributed by atoms with Gasteiger partial charge in [0, 0.05) is 19.2 Å². The lowest BCUT2D eigenvalue weighted by molar-refractivity contribution is -0.115. The van der Waals surface area contributed by atoms with Crippen molar-refractivity contribution < 1.29 is 9.18 Å². The number of thiocarbonyl (C=S) groups is 1. The SMILES string of the molecule is O=C(C=Cc1ccc(F)cc1)NC(=S)N(Cc1ccccc1)CC1CCC1. The fourth-order valence-electron chi connectivity index (χ4n) is 2.98. The Kier molecular flexibility index (Phi) is 6.71. The van der Waals surface area contributed by atoms with E-state index in [1.807, 2.05) is 18.2 Å². The van der Waals surface area contributed by atoms with E-state index in [0.717, 1.165) is 17.7 Å². The summed E-state index contributed by atoms with van der Waals surface area (Å²) in [5, 5.41) is 3.24. The summed E-state index contributed by atoms with van der Waals surface area (Å²) in [4.78, 5) is 14.3. The monoisotopic (exact) mass is 382 g/mol. The molecule has 2 aromatic rings. The van der Waals surface area contributed by atoms with Crippen molar-refractivity contribution in [3.8, 4) is 0 Å². The molecule has 0 aromatic heterocycles. The van der Waals surface area contributed by atoms with Crippen LogP contribution in [0.2, 0.25) is 0 Å². The topological polar surface area (TPSA) is 32.3 Å². The molecular formula is C22H23FN2OS. The first-order chi connectivity index (χ1) is 13.1. The van der Waals surface area contributed by atoms with Gasteiger partial charge in [-0.1, -0.05) is 48.9 Å². The molecule has 0 spiro atoms. The first kappa shape index (κ1) is 19.2. The van der Waals surface area contributed by atoms with E-state index in [0.29, 0.717) is 17.6 Å². The lowest BCUT2D eigenvalue weighted by Crippen LogP contribution is -2.44. The van der Waals surface area contributed by atoms with Gasteiger partial charge in [0.15, 0.2) is 5.11 Å². The van der Waals surface area contributed by atoms with Crippen LogP contribution in [0.5, 0.6) is 0 Å². The Morgan fingerprint density at radius 2 is 1.85 bits per heavy atom. The van der Waals surface area contributed by atoms with E-state index in [4.69, 9.17) is 12.2 Å². The predicted molar refractivity (Wildman–Crippen MR) is 110 cm³/mol. The fourth-order valence-corrected chi connectivity index (χ4v) is 3.22. The summed E-state index contributed by atoms with van der Waals surface area (Å²) in [5.74, 6) is 0.0552. The average molecular weight is 383 g/mol. The van der Waals surface area contributed by atoms with Crippen LogP contribution in [-0.4, -0.2) is 22.5 Å². The second-order valence-corrected chi connectivity index (χ2v) is 7.23. The Hall–Kier alpha value is -2.53. The maximum absolute atomic E-state index is 12.9. The Bertz CT molecular complexity index is 801. The number of hydrogen-bond acceptors (Lipinski definition) is 2. The predicted octanol–water partition coefficient (Wildman–Crippen LogP) is 4.54. The normalized spacial score (nSPS) is 14.0. The second-order valence-electron chi connectivity index (χ2n) is 6.84. The quantitative estimate of drug-likeness (QED) is 0.588. The molecule has 0 bridgehead atoms. The number of rotatable bonds is 6. The van der Waals surface area contributed by atoms with Crippen LogP contribution in [0.1, 0.15) is 30.4 Å². The summed E-state index contributed by atoms with van der Waals surface area (Å²) in [6.45, 7) is 1.54. The first-order valence-corrected chi connectivity index (χ1v) is 9.58. The highest BCUT2D eigenvalue weighted by Gasteiger charge is 2.22. The lowest BCUT2D eigenvalue weighted by Gasteiger charge is -2.33. The van der Waals surface area contributed by atoms with Crippen LogP contribution < -0.4 is 5.32 Å². The van der Waals surface area contributed by atoms with Crippen molar-refractivity contribution in [3.63, 3.8) is 0 Å². The highest BCUT2D eigenvalue weighted by Crippen LogP contribution is 2.27. The zero-order chi connectivity index (χ0) is 19.1. The Balaban J connectivity index is 1.60. The Morgan fingerprint density at radius 1 is 1.15 bits per heavy atom. The van der Waals surface area contributed by atoms with Gasteiger partial charge in [0.2, 0.25) is 5.91 Å². The molecule has 1 fully saturated rings. The maximum Gasteiger partial charge on any atom is 0.250 e. The third-order valence-corrected chi connectivity index (χ3v) is 5.09. The molecule has 27 heavy (non-hydrogen) atoms. The van der Waals surface area contributed by atoms with Gasteiger partial charge in [-0.3, -0.25) is 10.1 Å². The second kappa shape index (κ2) is 9.42. The van der Waals surface area contributed by atoms with E-state index in [9.17, 15) is 9.18 Å². The smallest absolute Gasteiger partial charge is 0.250 e. The molecular weight excluding hydrogens is 359 g/mol. The average Bonchev–Trinajstić information content (AvgIpc) is 2.64. The molecule has 5 heteroatoms. The first-order valence-electron chi connectivity index (χ1n) is 9.17. The molecule has 1 amide bonds. The highest BCUT2D eigenvalue weighted by atomic mass is 32.1. The summed E-state index contributed by atoms with van der Waals surface area (Å²) in [5.41, 5.74) is 1.92.